The fraction of sp³-hybridized carbons (Fsp3) is 0.400. The van der Waals surface area contributed by atoms with Crippen LogP contribution in [0.1, 0.15) is 22.3 Å². The van der Waals surface area contributed by atoms with E-state index in [0.717, 1.165) is 39.1 Å². The Kier molecular flexibility index (Phi) is 5.81. The molecule has 0 saturated heterocycles. The third kappa shape index (κ3) is 4.41. The van der Waals surface area contributed by atoms with Crippen LogP contribution in [0.25, 0.3) is 0 Å². The summed E-state index contributed by atoms with van der Waals surface area (Å²) in [6, 6.07) is 17.2. The molecule has 4 rings (SSSR count). The second kappa shape index (κ2) is 8.25. The van der Waals surface area contributed by atoms with Crippen LogP contribution in [0, 0.1) is 0 Å². The molecule has 2 heterocycles. The zero-order valence-corrected chi connectivity index (χ0v) is 13.7. The number of rotatable bonds is 2. The van der Waals surface area contributed by atoms with Crippen LogP contribution in [0.3, 0.4) is 0 Å². The Morgan fingerprint density at radius 3 is 2.22 bits per heavy atom. The van der Waals surface area contributed by atoms with Crippen molar-refractivity contribution in [3.63, 3.8) is 0 Å². The summed E-state index contributed by atoms with van der Waals surface area (Å²) in [5.41, 5.74) is 5.87. The fourth-order valence-electron chi connectivity index (χ4n) is 3.31. The van der Waals surface area contributed by atoms with Gasteiger partial charge in [0.05, 0.1) is 6.61 Å². The lowest BCUT2D eigenvalue weighted by Gasteiger charge is -2.27. The monoisotopic (exact) mass is 310 g/mol. The predicted octanol–water partition coefficient (Wildman–Crippen LogP) is 2.37. The van der Waals surface area contributed by atoms with Gasteiger partial charge in [0, 0.05) is 26.2 Å². The van der Waals surface area contributed by atoms with Gasteiger partial charge in [-0.3, -0.25) is 4.90 Å². The molecule has 2 aliphatic rings. The number of hydrogen-bond donors (Lipinski definition) is 2. The van der Waals surface area contributed by atoms with E-state index in [1.165, 1.54) is 28.7 Å². The highest BCUT2D eigenvalue weighted by atomic mass is 16.3. The van der Waals surface area contributed by atoms with Gasteiger partial charge in [0.2, 0.25) is 0 Å². The summed E-state index contributed by atoms with van der Waals surface area (Å²) in [4.78, 5) is 2.29. The average molecular weight is 310 g/mol. The minimum atomic E-state index is 0.266. The van der Waals surface area contributed by atoms with Crippen LogP contribution >= 0.6 is 0 Å². The average Bonchev–Trinajstić information content (AvgIpc) is 2.63. The smallest absolute Gasteiger partial charge is 0.0558 e. The summed E-state index contributed by atoms with van der Waals surface area (Å²) < 4.78 is 0. The minimum absolute atomic E-state index is 0.266. The number of nitrogens with zero attached hydrogens (tertiary/aromatic N) is 1. The first kappa shape index (κ1) is 16.2. The highest BCUT2D eigenvalue weighted by molar-refractivity contribution is 5.29. The molecule has 0 saturated carbocycles. The van der Waals surface area contributed by atoms with Crippen LogP contribution in [0.15, 0.2) is 48.5 Å². The highest BCUT2D eigenvalue weighted by Crippen LogP contribution is 2.17. The number of benzene rings is 2. The molecule has 0 amide bonds. The Balaban J connectivity index is 0.000000140. The predicted molar refractivity (Wildman–Crippen MR) is 94.4 cm³/mol. The topological polar surface area (TPSA) is 35.5 Å². The largest absolute Gasteiger partial charge is 0.395 e. The summed E-state index contributed by atoms with van der Waals surface area (Å²) in [5, 5.41) is 12.2. The lowest BCUT2D eigenvalue weighted by molar-refractivity contribution is 0.184. The second-order valence-electron chi connectivity index (χ2n) is 6.21. The molecule has 0 aliphatic carbocycles. The Labute approximate surface area is 139 Å². The molecule has 0 aromatic heterocycles. The summed E-state index contributed by atoms with van der Waals surface area (Å²) in [6.45, 7) is 5.33. The molecule has 2 aliphatic heterocycles. The molecule has 2 aromatic carbocycles. The van der Waals surface area contributed by atoms with Gasteiger partial charge in [-0.15, -0.1) is 0 Å². The van der Waals surface area contributed by atoms with Crippen molar-refractivity contribution in [2.45, 2.75) is 25.9 Å². The molecule has 3 nitrogen and oxygen atoms in total. The third-order valence-corrected chi connectivity index (χ3v) is 4.63. The quantitative estimate of drug-likeness (QED) is 0.894. The van der Waals surface area contributed by atoms with Gasteiger partial charge < -0.3 is 10.4 Å². The highest BCUT2D eigenvalue weighted by Gasteiger charge is 2.14. The number of fused-ring (bicyclic) bond motifs is 2. The van der Waals surface area contributed by atoms with Crippen molar-refractivity contribution < 1.29 is 5.11 Å². The van der Waals surface area contributed by atoms with E-state index in [-0.39, 0.29) is 6.61 Å². The lowest BCUT2D eigenvalue weighted by atomic mass is 10.0. The van der Waals surface area contributed by atoms with E-state index in [1.54, 1.807) is 0 Å². The number of aliphatic hydroxyl groups is 1. The van der Waals surface area contributed by atoms with Gasteiger partial charge in [0.25, 0.3) is 0 Å². The molecular formula is C20H26N2O. The van der Waals surface area contributed by atoms with Crippen molar-refractivity contribution in [1.82, 2.24) is 10.2 Å². The van der Waals surface area contributed by atoms with E-state index in [1.807, 2.05) is 0 Å². The maximum atomic E-state index is 8.82. The first-order valence-electron chi connectivity index (χ1n) is 8.54. The van der Waals surface area contributed by atoms with Crippen molar-refractivity contribution in [1.29, 1.82) is 0 Å². The maximum Gasteiger partial charge on any atom is 0.0558 e. The van der Waals surface area contributed by atoms with Crippen LogP contribution in [0.5, 0.6) is 0 Å². The minimum Gasteiger partial charge on any atom is -0.395 e. The Bertz CT molecular complexity index is 602. The number of β-amino-alcohol motifs (C(OH)–C–C–N with tert-alkyl or cyclic N) is 1. The van der Waals surface area contributed by atoms with Crippen molar-refractivity contribution in [2.75, 3.05) is 26.2 Å². The van der Waals surface area contributed by atoms with Crippen LogP contribution in [-0.4, -0.2) is 36.2 Å². The van der Waals surface area contributed by atoms with E-state index in [0.29, 0.717) is 0 Å². The summed E-state index contributed by atoms with van der Waals surface area (Å²) in [6.07, 6.45) is 2.31. The molecule has 0 bridgehead atoms. The van der Waals surface area contributed by atoms with Crippen LogP contribution in [0.4, 0.5) is 0 Å². The van der Waals surface area contributed by atoms with E-state index in [2.05, 4.69) is 58.7 Å². The lowest BCUT2D eigenvalue weighted by Crippen LogP contribution is -2.32. The van der Waals surface area contributed by atoms with Gasteiger partial charge in [0.15, 0.2) is 0 Å². The number of nitrogens with one attached hydrogen (secondary N) is 1. The molecule has 0 fully saturated rings. The summed E-state index contributed by atoms with van der Waals surface area (Å²) in [5.74, 6) is 0. The van der Waals surface area contributed by atoms with Gasteiger partial charge in [-0.1, -0.05) is 48.5 Å². The molecule has 2 N–H and O–H groups in total. The number of aliphatic hydroxyl groups excluding tert-OH is 1. The van der Waals surface area contributed by atoms with Gasteiger partial charge in [0.1, 0.15) is 0 Å². The van der Waals surface area contributed by atoms with Crippen molar-refractivity contribution in [2.24, 2.45) is 0 Å². The Morgan fingerprint density at radius 2 is 1.52 bits per heavy atom. The van der Waals surface area contributed by atoms with Crippen molar-refractivity contribution in [3.8, 4) is 0 Å². The molecule has 0 atom stereocenters. The first-order chi connectivity index (χ1) is 11.4. The van der Waals surface area contributed by atoms with Gasteiger partial charge in [-0.25, -0.2) is 0 Å². The van der Waals surface area contributed by atoms with E-state index in [4.69, 9.17) is 5.11 Å². The summed E-state index contributed by atoms with van der Waals surface area (Å²) in [7, 11) is 0. The van der Waals surface area contributed by atoms with Crippen LogP contribution in [-0.2, 0) is 25.9 Å². The molecule has 122 valence electrons. The third-order valence-electron chi connectivity index (χ3n) is 4.63. The Hall–Kier alpha value is -1.68. The standard InChI is InChI=1S/C11H15NO.C9H11N/c13-8-7-12-6-5-10-3-1-2-4-11(10)9-12;1-2-4-9-7-10-6-5-8(9)3-1/h1-4,13H,5-9H2;1-4,10H,5-7H2. The molecule has 3 heteroatoms. The zero-order valence-electron chi connectivity index (χ0n) is 13.7. The summed E-state index contributed by atoms with van der Waals surface area (Å²) >= 11 is 0. The number of hydrogen-bond acceptors (Lipinski definition) is 3. The second-order valence-corrected chi connectivity index (χ2v) is 6.21. The molecular weight excluding hydrogens is 284 g/mol. The normalized spacial score (nSPS) is 16.7. The van der Waals surface area contributed by atoms with Crippen LogP contribution < -0.4 is 5.32 Å². The Morgan fingerprint density at radius 1 is 0.870 bits per heavy atom. The van der Waals surface area contributed by atoms with Crippen LogP contribution in [0.2, 0.25) is 0 Å². The van der Waals surface area contributed by atoms with Crippen molar-refractivity contribution in [3.05, 3.63) is 70.8 Å². The fourth-order valence-corrected chi connectivity index (χ4v) is 3.31. The first-order valence-corrected chi connectivity index (χ1v) is 8.54. The zero-order chi connectivity index (χ0) is 15.9. The van der Waals surface area contributed by atoms with E-state index < -0.39 is 0 Å². The molecule has 2 aromatic rings. The van der Waals surface area contributed by atoms with Gasteiger partial charge >= 0.3 is 0 Å². The molecule has 0 unspecified atom stereocenters. The molecule has 0 radical (unpaired) electrons. The SMILES string of the molecule is OCCN1CCc2ccccc2C1.c1ccc2c(c1)CCNC2. The van der Waals surface area contributed by atoms with E-state index in [9.17, 15) is 0 Å². The van der Waals surface area contributed by atoms with E-state index >= 15 is 0 Å². The van der Waals surface area contributed by atoms with Gasteiger partial charge in [-0.2, -0.15) is 0 Å². The maximum absolute atomic E-state index is 8.82. The molecule has 0 spiro atoms. The van der Waals surface area contributed by atoms with Gasteiger partial charge in [-0.05, 0) is 41.6 Å². The van der Waals surface area contributed by atoms with Crippen molar-refractivity contribution >= 4 is 0 Å². The molecule has 23 heavy (non-hydrogen) atoms.